The molecule has 0 spiro atoms. The number of aromatic nitrogens is 3. The summed E-state index contributed by atoms with van der Waals surface area (Å²) in [7, 11) is 0. The highest BCUT2D eigenvalue weighted by Crippen LogP contribution is 2.45. The van der Waals surface area contributed by atoms with Gasteiger partial charge in [-0.3, -0.25) is 4.79 Å². The lowest BCUT2D eigenvalue weighted by molar-refractivity contribution is -0.153. The number of carbonyl (C=O) groups excluding carboxylic acids is 1. The minimum absolute atomic E-state index is 0.163. The van der Waals surface area contributed by atoms with Crippen LogP contribution < -0.4 is 0 Å². The van der Waals surface area contributed by atoms with Crippen molar-refractivity contribution in [2.45, 2.75) is 64.6 Å². The number of fused-ring (bicyclic) bond motifs is 1. The minimum atomic E-state index is -2.63. The highest BCUT2D eigenvalue weighted by molar-refractivity contribution is 5.83. The summed E-state index contributed by atoms with van der Waals surface area (Å²) in [5.41, 5.74) is -2.66. The molecule has 2 aliphatic rings. The van der Waals surface area contributed by atoms with Crippen LogP contribution in [0, 0.1) is 5.41 Å². The van der Waals surface area contributed by atoms with Gasteiger partial charge in [0.2, 0.25) is 5.91 Å². The van der Waals surface area contributed by atoms with Crippen molar-refractivity contribution >= 4 is 5.91 Å². The van der Waals surface area contributed by atoms with E-state index in [9.17, 15) is 18.7 Å². The Hall–Kier alpha value is -1.57. The fourth-order valence-electron chi connectivity index (χ4n) is 3.63. The van der Waals surface area contributed by atoms with Gasteiger partial charge in [0.05, 0.1) is 6.54 Å². The van der Waals surface area contributed by atoms with Crippen molar-refractivity contribution in [3.63, 3.8) is 0 Å². The van der Waals surface area contributed by atoms with Gasteiger partial charge in [-0.25, -0.2) is 8.78 Å². The Morgan fingerprint density at radius 1 is 1.26 bits per heavy atom. The minimum Gasteiger partial charge on any atom is -0.382 e. The fraction of sp³-hybridized carbons (Fsp3) is 0.800. The Morgan fingerprint density at radius 3 is 2.48 bits per heavy atom. The molecule has 0 atom stereocenters. The molecule has 6 nitrogen and oxygen atoms in total. The molecule has 1 amide bonds. The van der Waals surface area contributed by atoms with Crippen molar-refractivity contribution in [3.05, 3.63) is 11.6 Å². The average Bonchev–Trinajstić information content (AvgIpc) is 3.12. The van der Waals surface area contributed by atoms with Gasteiger partial charge in [0.1, 0.15) is 11.0 Å². The maximum Gasteiger partial charge on any atom is 0.252 e. The Balaban J connectivity index is 1.82. The van der Waals surface area contributed by atoms with E-state index in [0.29, 0.717) is 37.6 Å². The topological polar surface area (TPSA) is 71.2 Å². The molecule has 1 saturated carbocycles. The van der Waals surface area contributed by atoms with Gasteiger partial charge in [0.25, 0.3) is 6.43 Å². The van der Waals surface area contributed by atoms with Crippen LogP contribution in [0.25, 0.3) is 0 Å². The van der Waals surface area contributed by atoms with Crippen molar-refractivity contribution in [2.24, 2.45) is 5.41 Å². The van der Waals surface area contributed by atoms with Gasteiger partial charge in [-0.05, 0) is 26.7 Å². The summed E-state index contributed by atoms with van der Waals surface area (Å²) in [6.45, 7) is 4.14. The molecule has 1 aliphatic carbocycles. The van der Waals surface area contributed by atoms with Gasteiger partial charge < -0.3 is 14.6 Å². The molecule has 2 heterocycles. The highest BCUT2D eigenvalue weighted by Gasteiger charge is 2.51. The Labute approximate surface area is 133 Å². The quantitative estimate of drug-likeness (QED) is 0.916. The van der Waals surface area contributed by atoms with E-state index in [4.69, 9.17) is 0 Å². The fourth-order valence-corrected chi connectivity index (χ4v) is 3.63. The lowest BCUT2D eigenvalue weighted by Crippen LogP contribution is -2.49. The van der Waals surface area contributed by atoms with E-state index in [-0.39, 0.29) is 19.4 Å². The number of amides is 1. The molecule has 128 valence electrons. The van der Waals surface area contributed by atoms with Crippen molar-refractivity contribution < 1.29 is 18.7 Å². The lowest BCUT2D eigenvalue weighted by atomic mass is 9.84. The van der Waals surface area contributed by atoms with Crippen LogP contribution in [0.5, 0.6) is 0 Å². The van der Waals surface area contributed by atoms with Crippen LogP contribution in [0.1, 0.15) is 51.2 Å². The van der Waals surface area contributed by atoms with Gasteiger partial charge in [0.15, 0.2) is 11.6 Å². The molecule has 23 heavy (non-hydrogen) atoms. The molecule has 1 aromatic heterocycles. The van der Waals surface area contributed by atoms with Gasteiger partial charge in [0, 0.05) is 13.1 Å². The zero-order chi connectivity index (χ0) is 16.8. The molecular weight excluding hydrogens is 306 g/mol. The van der Waals surface area contributed by atoms with Gasteiger partial charge in [-0.1, -0.05) is 12.8 Å². The Bertz CT molecular complexity index is 603. The molecule has 1 N–H and O–H groups in total. The van der Waals surface area contributed by atoms with Crippen molar-refractivity contribution in [1.29, 1.82) is 0 Å². The normalized spacial score (nSPS) is 20.9. The second-order valence-electron chi connectivity index (χ2n) is 7.04. The third-order valence-electron chi connectivity index (χ3n) is 4.93. The van der Waals surface area contributed by atoms with Crippen LogP contribution in [0.15, 0.2) is 0 Å². The summed E-state index contributed by atoms with van der Waals surface area (Å²) in [6, 6.07) is 0. The number of nitrogens with zero attached hydrogens (tertiary/aromatic N) is 4. The first-order chi connectivity index (χ1) is 10.8. The number of aliphatic hydroxyl groups is 1. The van der Waals surface area contributed by atoms with Crippen LogP contribution >= 0.6 is 0 Å². The smallest absolute Gasteiger partial charge is 0.252 e. The third-order valence-corrected chi connectivity index (χ3v) is 4.93. The van der Waals surface area contributed by atoms with Crippen LogP contribution in [0.2, 0.25) is 0 Å². The second-order valence-corrected chi connectivity index (χ2v) is 7.04. The largest absolute Gasteiger partial charge is 0.382 e. The standard InChI is InChI=1S/C15H22F2N4O2/c1-14(2,23)12-19-18-10-9-20(7-8-21(10)12)13(22)15(11(16)17)5-3-4-6-15/h11,23H,3-9H2,1-2H3. The van der Waals surface area contributed by atoms with Gasteiger partial charge >= 0.3 is 0 Å². The number of rotatable bonds is 3. The molecule has 3 rings (SSSR count). The van der Waals surface area contributed by atoms with Gasteiger partial charge in [-0.15, -0.1) is 10.2 Å². The molecule has 1 fully saturated rings. The first kappa shape index (κ1) is 16.3. The zero-order valence-corrected chi connectivity index (χ0v) is 13.4. The molecular formula is C15H22F2N4O2. The summed E-state index contributed by atoms with van der Waals surface area (Å²) >= 11 is 0. The molecule has 1 aliphatic heterocycles. The maximum absolute atomic E-state index is 13.5. The molecule has 0 radical (unpaired) electrons. The summed E-state index contributed by atoms with van der Waals surface area (Å²) in [6.07, 6.45) is -0.793. The monoisotopic (exact) mass is 328 g/mol. The molecule has 0 unspecified atom stereocenters. The van der Waals surface area contributed by atoms with Crippen LogP contribution in [0.4, 0.5) is 8.78 Å². The molecule has 0 bridgehead atoms. The summed E-state index contributed by atoms with van der Waals surface area (Å²) < 4.78 is 28.9. The molecule has 1 aromatic rings. The molecule has 8 heteroatoms. The van der Waals surface area contributed by atoms with Crippen molar-refractivity contribution in [2.75, 3.05) is 6.54 Å². The van der Waals surface area contributed by atoms with E-state index >= 15 is 0 Å². The van der Waals surface area contributed by atoms with Gasteiger partial charge in [-0.2, -0.15) is 0 Å². The predicted octanol–water partition coefficient (Wildman–Crippen LogP) is 1.67. The van der Waals surface area contributed by atoms with E-state index in [2.05, 4.69) is 10.2 Å². The SMILES string of the molecule is CC(C)(O)c1nnc2n1CCN(C(=O)C1(C(F)F)CCCC1)C2. The van der Waals surface area contributed by atoms with E-state index in [0.717, 1.165) is 0 Å². The molecule has 0 saturated heterocycles. The Morgan fingerprint density at radius 2 is 1.91 bits per heavy atom. The third kappa shape index (κ3) is 2.62. The second kappa shape index (κ2) is 5.51. The first-order valence-corrected chi connectivity index (χ1v) is 7.98. The van der Waals surface area contributed by atoms with Crippen LogP contribution in [-0.4, -0.2) is 43.6 Å². The Kier molecular flexibility index (Phi) is 3.90. The number of hydrogen-bond donors (Lipinski definition) is 1. The number of alkyl halides is 2. The number of carbonyl (C=O) groups is 1. The average molecular weight is 328 g/mol. The van der Waals surface area contributed by atoms with E-state index in [1.807, 2.05) is 0 Å². The van der Waals surface area contributed by atoms with E-state index in [1.54, 1.807) is 18.4 Å². The van der Waals surface area contributed by atoms with Crippen molar-refractivity contribution in [3.8, 4) is 0 Å². The lowest BCUT2D eigenvalue weighted by Gasteiger charge is -2.36. The summed E-state index contributed by atoms with van der Waals surface area (Å²) in [5, 5.41) is 18.1. The first-order valence-electron chi connectivity index (χ1n) is 7.98. The maximum atomic E-state index is 13.5. The predicted molar refractivity (Wildman–Crippen MR) is 77.6 cm³/mol. The molecule has 0 aromatic carbocycles. The van der Waals surface area contributed by atoms with E-state index < -0.39 is 23.3 Å². The summed E-state index contributed by atoms with van der Waals surface area (Å²) in [4.78, 5) is 14.2. The highest BCUT2D eigenvalue weighted by atomic mass is 19.3. The van der Waals surface area contributed by atoms with Crippen molar-refractivity contribution in [1.82, 2.24) is 19.7 Å². The number of halogens is 2. The zero-order valence-electron chi connectivity index (χ0n) is 13.4. The van der Waals surface area contributed by atoms with Crippen LogP contribution in [0.3, 0.4) is 0 Å². The summed E-state index contributed by atoms with van der Waals surface area (Å²) in [5.74, 6) is 0.497. The van der Waals surface area contributed by atoms with Crippen LogP contribution in [-0.2, 0) is 23.5 Å². The van der Waals surface area contributed by atoms with E-state index in [1.165, 1.54) is 4.90 Å². The number of hydrogen-bond acceptors (Lipinski definition) is 4.